The maximum absolute atomic E-state index is 12.0. The predicted octanol–water partition coefficient (Wildman–Crippen LogP) is 1.60. The number of aromatic nitrogens is 1. The number of carbonyl (C=O) groups excluding carboxylic acids is 1. The maximum atomic E-state index is 12.0. The summed E-state index contributed by atoms with van der Waals surface area (Å²) in [5, 5.41) is 15.9. The number of nitrogens with one attached hydrogen (secondary N) is 1. The Kier molecular flexibility index (Phi) is 4.11. The van der Waals surface area contributed by atoms with E-state index < -0.39 is 11.4 Å². The van der Waals surface area contributed by atoms with Crippen molar-refractivity contribution in [3.8, 4) is 0 Å². The second kappa shape index (κ2) is 5.64. The van der Waals surface area contributed by atoms with Crippen LogP contribution in [-0.2, 0) is 16.0 Å². The molecule has 2 rings (SSSR count). The molecule has 1 heterocycles. The number of hydrogen-bond donors (Lipinski definition) is 2. The molecule has 1 saturated carbocycles. The zero-order valence-corrected chi connectivity index (χ0v) is 11.9. The maximum Gasteiger partial charge on any atom is 0.311 e. The predicted molar refractivity (Wildman–Crippen MR) is 71.2 cm³/mol. The first kappa shape index (κ1) is 14.6. The molecular weight excluding hydrogens is 260 g/mol. The molecule has 0 radical (unpaired) electrons. The fourth-order valence-corrected chi connectivity index (χ4v) is 2.76. The van der Waals surface area contributed by atoms with Gasteiger partial charge in [-0.25, -0.2) is 0 Å². The lowest BCUT2D eigenvalue weighted by molar-refractivity contribution is -0.148. The van der Waals surface area contributed by atoms with Crippen molar-refractivity contribution < 1.29 is 19.2 Å². The normalized spacial score (nSPS) is 17.1. The summed E-state index contributed by atoms with van der Waals surface area (Å²) in [6.45, 7) is 3.75. The molecule has 110 valence electrons. The van der Waals surface area contributed by atoms with E-state index in [4.69, 9.17) is 4.52 Å². The molecule has 1 amide bonds. The van der Waals surface area contributed by atoms with Crippen molar-refractivity contribution in [3.63, 3.8) is 0 Å². The minimum atomic E-state index is -0.812. The van der Waals surface area contributed by atoms with E-state index in [1.807, 2.05) is 0 Å². The van der Waals surface area contributed by atoms with E-state index in [2.05, 4.69) is 10.5 Å². The van der Waals surface area contributed by atoms with Crippen molar-refractivity contribution in [1.82, 2.24) is 10.5 Å². The highest BCUT2D eigenvalue weighted by molar-refractivity contribution is 5.81. The summed E-state index contributed by atoms with van der Waals surface area (Å²) in [5.41, 5.74) is 0.693. The highest BCUT2D eigenvalue weighted by Gasteiger charge is 2.41. The highest BCUT2D eigenvalue weighted by atomic mass is 16.5. The topological polar surface area (TPSA) is 92.4 Å². The standard InChI is InChI=1S/C14H20N2O4/c1-9-11(10(2)20-16-9)7-12(17)15-8-14(13(18)19)5-3-4-6-14/h3-8H2,1-2H3,(H,15,17)(H,18,19). The van der Waals surface area contributed by atoms with Crippen LogP contribution in [-0.4, -0.2) is 28.7 Å². The highest BCUT2D eigenvalue weighted by Crippen LogP contribution is 2.37. The smallest absolute Gasteiger partial charge is 0.311 e. The Bertz CT molecular complexity index is 496. The number of amides is 1. The van der Waals surface area contributed by atoms with Gasteiger partial charge in [0.15, 0.2) is 0 Å². The molecule has 0 bridgehead atoms. The zero-order chi connectivity index (χ0) is 14.8. The lowest BCUT2D eigenvalue weighted by Crippen LogP contribution is -2.41. The molecule has 0 aromatic carbocycles. The minimum absolute atomic E-state index is 0.177. The van der Waals surface area contributed by atoms with E-state index in [9.17, 15) is 14.7 Å². The van der Waals surface area contributed by atoms with Gasteiger partial charge in [0.1, 0.15) is 5.76 Å². The summed E-state index contributed by atoms with van der Waals surface area (Å²) in [6, 6.07) is 0. The Morgan fingerprint density at radius 3 is 2.50 bits per heavy atom. The number of hydrogen-bond acceptors (Lipinski definition) is 4. The summed E-state index contributed by atoms with van der Waals surface area (Å²) in [5.74, 6) is -0.369. The molecule has 1 aromatic heterocycles. The second-order valence-corrected chi connectivity index (χ2v) is 5.55. The fraction of sp³-hybridized carbons (Fsp3) is 0.643. The van der Waals surface area contributed by atoms with Crippen molar-refractivity contribution >= 4 is 11.9 Å². The van der Waals surface area contributed by atoms with Crippen LogP contribution in [0.4, 0.5) is 0 Å². The second-order valence-electron chi connectivity index (χ2n) is 5.55. The average Bonchev–Trinajstić information content (AvgIpc) is 2.99. The van der Waals surface area contributed by atoms with Crippen molar-refractivity contribution in [2.24, 2.45) is 5.41 Å². The van der Waals surface area contributed by atoms with Crippen molar-refractivity contribution in [1.29, 1.82) is 0 Å². The minimum Gasteiger partial charge on any atom is -0.481 e. The molecular formula is C14H20N2O4. The largest absolute Gasteiger partial charge is 0.481 e. The van der Waals surface area contributed by atoms with Crippen LogP contribution in [0.3, 0.4) is 0 Å². The number of aliphatic carboxylic acids is 1. The van der Waals surface area contributed by atoms with Crippen LogP contribution in [0.2, 0.25) is 0 Å². The number of rotatable bonds is 5. The van der Waals surface area contributed by atoms with E-state index >= 15 is 0 Å². The summed E-state index contributed by atoms with van der Waals surface area (Å²) >= 11 is 0. The van der Waals surface area contributed by atoms with Gasteiger partial charge in [-0.1, -0.05) is 18.0 Å². The van der Waals surface area contributed by atoms with E-state index in [0.29, 0.717) is 24.3 Å². The molecule has 0 saturated heterocycles. The Morgan fingerprint density at radius 2 is 2.00 bits per heavy atom. The Hall–Kier alpha value is -1.85. The van der Waals surface area contributed by atoms with E-state index in [-0.39, 0.29) is 18.9 Å². The summed E-state index contributed by atoms with van der Waals surface area (Å²) in [6.07, 6.45) is 3.26. The van der Waals surface area contributed by atoms with Crippen LogP contribution in [0.5, 0.6) is 0 Å². The molecule has 1 aliphatic carbocycles. The van der Waals surface area contributed by atoms with Crippen molar-refractivity contribution in [2.45, 2.75) is 46.0 Å². The third kappa shape index (κ3) is 2.84. The molecule has 1 fully saturated rings. The van der Waals surface area contributed by atoms with Crippen LogP contribution in [0.25, 0.3) is 0 Å². The Morgan fingerprint density at radius 1 is 1.35 bits per heavy atom. The van der Waals surface area contributed by atoms with Gasteiger partial charge in [0, 0.05) is 12.1 Å². The number of nitrogens with zero attached hydrogens (tertiary/aromatic N) is 1. The van der Waals surface area contributed by atoms with Crippen LogP contribution in [0, 0.1) is 19.3 Å². The molecule has 0 spiro atoms. The molecule has 0 atom stereocenters. The van der Waals surface area contributed by atoms with E-state index in [1.54, 1.807) is 13.8 Å². The SMILES string of the molecule is Cc1noc(C)c1CC(=O)NCC1(C(=O)O)CCCC1. The van der Waals surface area contributed by atoms with Gasteiger partial charge in [0.2, 0.25) is 5.91 Å². The third-order valence-electron chi connectivity index (χ3n) is 4.16. The number of carbonyl (C=O) groups is 2. The first-order valence-electron chi connectivity index (χ1n) is 6.86. The molecule has 2 N–H and O–H groups in total. The molecule has 0 aliphatic heterocycles. The van der Waals surface area contributed by atoms with Gasteiger partial charge in [-0.3, -0.25) is 9.59 Å². The molecule has 0 unspecified atom stereocenters. The summed E-state index contributed by atoms with van der Waals surface area (Å²) in [7, 11) is 0. The lowest BCUT2D eigenvalue weighted by atomic mass is 9.86. The van der Waals surface area contributed by atoms with Crippen LogP contribution in [0.1, 0.15) is 42.7 Å². The third-order valence-corrected chi connectivity index (χ3v) is 4.16. The summed E-state index contributed by atoms with van der Waals surface area (Å²) < 4.78 is 5.01. The molecule has 20 heavy (non-hydrogen) atoms. The number of carboxylic acid groups (broad SMARTS) is 1. The number of aryl methyl sites for hydroxylation is 2. The van der Waals surface area contributed by atoms with Gasteiger partial charge in [-0.05, 0) is 26.7 Å². The molecule has 6 heteroatoms. The molecule has 1 aliphatic rings. The van der Waals surface area contributed by atoms with Crippen molar-refractivity contribution in [3.05, 3.63) is 17.0 Å². The average molecular weight is 280 g/mol. The van der Waals surface area contributed by atoms with Gasteiger partial charge in [-0.15, -0.1) is 0 Å². The van der Waals surface area contributed by atoms with Gasteiger partial charge in [-0.2, -0.15) is 0 Å². The lowest BCUT2D eigenvalue weighted by Gasteiger charge is -2.23. The molecule has 1 aromatic rings. The summed E-state index contributed by atoms with van der Waals surface area (Å²) in [4.78, 5) is 23.3. The molecule has 6 nitrogen and oxygen atoms in total. The van der Waals surface area contributed by atoms with Gasteiger partial charge >= 0.3 is 5.97 Å². The van der Waals surface area contributed by atoms with Gasteiger partial charge in [0.05, 0.1) is 17.5 Å². The van der Waals surface area contributed by atoms with Crippen LogP contribution in [0.15, 0.2) is 4.52 Å². The van der Waals surface area contributed by atoms with Gasteiger partial charge < -0.3 is 14.9 Å². The van der Waals surface area contributed by atoms with E-state index in [0.717, 1.165) is 18.4 Å². The van der Waals surface area contributed by atoms with E-state index in [1.165, 1.54) is 0 Å². The zero-order valence-electron chi connectivity index (χ0n) is 11.9. The number of carboxylic acids is 1. The first-order valence-corrected chi connectivity index (χ1v) is 6.86. The first-order chi connectivity index (χ1) is 9.44. The Labute approximate surface area is 117 Å². The van der Waals surface area contributed by atoms with Crippen molar-refractivity contribution in [2.75, 3.05) is 6.54 Å². The van der Waals surface area contributed by atoms with Gasteiger partial charge in [0.25, 0.3) is 0 Å². The monoisotopic (exact) mass is 280 g/mol. The fourth-order valence-electron chi connectivity index (χ4n) is 2.76. The Balaban J connectivity index is 1.94. The van der Waals surface area contributed by atoms with Crippen LogP contribution >= 0.6 is 0 Å². The van der Waals surface area contributed by atoms with Crippen LogP contribution < -0.4 is 5.32 Å². The quantitative estimate of drug-likeness (QED) is 0.854.